The quantitative estimate of drug-likeness (QED) is 0.158. The van der Waals surface area contributed by atoms with Crippen LogP contribution in [0, 0.1) is 23.0 Å². The van der Waals surface area contributed by atoms with Gasteiger partial charge in [0.15, 0.2) is 17.8 Å². The van der Waals surface area contributed by atoms with E-state index in [0.717, 1.165) is 17.7 Å². The molecule has 0 bridgehead atoms. The molecular formula is C39H47F2N3O10S. The average Bonchev–Trinajstić information content (AvgIpc) is 3.89. The molecule has 2 amide bonds. The minimum atomic E-state index is -4.31. The molecule has 16 heteroatoms. The number of fused-ring (bicyclic) bond motifs is 2. The molecule has 3 aliphatic rings. The van der Waals surface area contributed by atoms with Gasteiger partial charge in [-0.25, -0.2) is 22.0 Å². The number of nitrogens with zero attached hydrogens (tertiary/aromatic N) is 2. The number of carbonyl (C=O) groups excluding carboxylic acids is 1. The smallest absolute Gasteiger partial charge is 0.407 e. The van der Waals surface area contributed by atoms with Gasteiger partial charge in [0.2, 0.25) is 16.8 Å². The van der Waals surface area contributed by atoms with Crippen molar-refractivity contribution in [2.75, 3.05) is 39.6 Å². The number of ether oxygens (including phenoxy) is 4. The van der Waals surface area contributed by atoms with Crippen molar-refractivity contribution >= 4 is 22.0 Å². The van der Waals surface area contributed by atoms with Gasteiger partial charge in [-0.15, -0.1) is 0 Å². The molecule has 5 atom stereocenters. The highest BCUT2D eigenvalue weighted by Gasteiger charge is 2.49. The maximum Gasteiger partial charge on any atom is 0.407 e. The predicted octanol–water partition coefficient (Wildman–Crippen LogP) is 5.02. The fourth-order valence-electron chi connectivity index (χ4n) is 7.57. The molecule has 3 aliphatic heterocycles. The minimum absolute atomic E-state index is 0.0496. The zero-order valence-electron chi connectivity index (χ0n) is 30.7. The van der Waals surface area contributed by atoms with Gasteiger partial charge >= 0.3 is 6.09 Å². The summed E-state index contributed by atoms with van der Waals surface area (Å²) in [4.78, 5) is 26.7. The topological polar surface area (TPSA) is 164 Å². The summed E-state index contributed by atoms with van der Waals surface area (Å²) in [6, 6.07) is 14.3. The lowest BCUT2D eigenvalue weighted by Crippen LogP contribution is -2.58. The van der Waals surface area contributed by atoms with Crippen molar-refractivity contribution in [2.24, 2.45) is 11.3 Å². The molecule has 2 saturated heterocycles. The van der Waals surface area contributed by atoms with E-state index in [1.165, 1.54) is 27.4 Å². The number of sulfonamides is 1. The van der Waals surface area contributed by atoms with Crippen LogP contribution in [0.5, 0.6) is 11.5 Å². The van der Waals surface area contributed by atoms with Gasteiger partial charge in [-0.1, -0.05) is 50.6 Å². The summed E-state index contributed by atoms with van der Waals surface area (Å²) in [7, 11) is -4.31. The van der Waals surface area contributed by atoms with E-state index in [2.05, 4.69) is 5.32 Å². The van der Waals surface area contributed by atoms with Gasteiger partial charge in [-0.2, -0.15) is 4.31 Å². The number of benzene rings is 3. The van der Waals surface area contributed by atoms with Crippen molar-refractivity contribution in [1.29, 1.82) is 0 Å². The molecule has 0 aliphatic carbocycles. The van der Waals surface area contributed by atoms with Gasteiger partial charge in [-0.3, -0.25) is 9.69 Å². The molecule has 3 aromatic carbocycles. The molecule has 0 unspecified atom stereocenters. The molecule has 13 nitrogen and oxygen atoms in total. The van der Waals surface area contributed by atoms with Gasteiger partial charge in [0.1, 0.15) is 11.6 Å². The maximum atomic E-state index is 14.5. The first-order chi connectivity index (χ1) is 26.2. The van der Waals surface area contributed by atoms with E-state index >= 15 is 0 Å². The van der Waals surface area contributed by atoms with Crippen LogP contribution in [-0.2, 0) is 25.9 Å². The number of amides is 2. The van der Waals surface area contributed by atoms with Gasteiger partial charge < -0.3 is 34.5 Å². The van der Waals surface area contributed by atoms with Crippen LogP contribution in [0.1, 0.15) is 55.5 Å². The largest absolute Gasteiger partial charge is 0.465 e. The molecule has 0 radical (unpaired) electrons. The molecule has 3 N–H and O–H groups in total. The maximum absolute atomic E-state index is 14.5. The summed E-state index contributed by atoms with van der Waals surface area (Å²) in [5, 5.41) is 25.5. The van der Waals surface area contributed by atoms with Gasteiger partial charge in [0.05, 0.1) is 36.3 Å². The van der Waals surface area contributed by atoms with E-state index < -0.39 is 70.1 Å². The Hall–Kier alpha value is -4.35. The number of hydrogen-bond donors (Lipinski definition) is 3. The lowest BCUT2D eigenvalue weighted by molar-refractivity contribution is -0.0906. The molecule has 3 aromatic rings. The van der Waals surface area contributed by atoms with Crippen molar-refractivity contribution in [1.82, 2.24) is 14.5 Å². The third-order valence-electron chi connectivity index (χ3n) is 10.3. The van der Waals surface area contributed by atoms with Crippen molar-refractivity contribution in [3.05, 3.63) is 89.5 Å². The summed E-state index contributed by atoms with van der Waals surface area (Å²) in [5.41, 5.74) is -0.0470. The molecule has 3 heterocycles. The Kier molecular flexibility index (Phi) is 12.6. The van der Waals surface area contributed by atoms with Crippen LogP contribution in [0.15, 0.2) is 71.6 Å². The first-order valence-electron chi connectivity index (χ1n) is 18.3. The van der Waals surface area contributed by atoms with E-state index in [1.807, 2.05) is 44.2 Å². The van der Waals surface area contributed by atoms with Crippen LogP contribution < -0.4 is 14.8 Å². The van der Waals surface area contributed by atoms with Gasteiger partial charge in [-0.05, 0) is 60.9 Å². The predicted molar refractivity (Wildman–Crippen MR) is 195 cm³/mol. The summed E-state index contributed by atoms with van der Waals surface area (Å²) in [5.74, 6) is -1.92. The van der Waals surface area contributed by atoms with Crippen molar-refractivity contribution in [3.8, 4) is 11.5 Å². The monoisotopic (exact) mass is 787 g/mol. The number of hydrogen-bond acceptors (Lipinski definition) is 9. The van der Waals surface area contributed by atoms with Crippen LogP contribution in [-0.4, -0.2) is 104 Å². The van der Waals surface area contributed by atoms with Gasteiger partial charge in [0.25, 0.3) is 5.91 Å². The molecule has 0 saturated carbocycles. The number of carbonyl (C=O) groups is 2. The summed E-state index contributed by atoms with van der Waals surface area (Å²) in [6.45, 7) is 3.94. The first-order valence-corrected chi connectivity index (χ1v) is 19.8. The van der Waals surface area contributed by atoms with Crippen LogP contribution >= 0.6 is 0 Å². The minimum Gasteiger partial charge on any atom is -0.465 e. The van der Waals surface area contributed by atoms with Crippen molar-refractivity contribution < 1.29 is 55.9 Å². The van der Waals surface area contributed by atoms with Gasteiger partial charge in [0, 0.05) is 43.2 Å². The van der Waals surface area contributed by atoms with Crippen LogP contribution in [0.3, 0.4) is 0 Å². The second-order valence-corrected chi connectivity index (χ2v) is 16.9. The zero-order chi connectivity index (χ0) is 39.3. The third kappa shape index (κ3) is 9.73. The lowest BCUT2D eigenvalue weighted by Gasteiger charge is -2.40. The Balaban J connectivity index is 1.22. The van der Waals surface area contributed by atoms with E-state index in [0.29, 0.717) is 44.1 Å². The Morgan fingerprint density at radius 3 is 2.44 bits per heavy atom. The lowest BCUT2D eigenvalue weighted by atomic mass is 9.87. The Morgan fingerprint density at radius 2 is 1.71 bits per heavy atom. The summed E-state index contributed by atoms with van der Waals surface area (Å²) < 4.78 is 79.8. The SMILES string of the molecule is CC(C)(CCCCNC(=O)c1cc(F)cc(F)c1)CN(C[C@@H](O)[C@H](Cc1ccccc1)N(C(=O)O)[C@H]1CO[C@H]2OCC[C@H]21)S(=O)(=O)c1ccc2c(c1)OCO2. The van der Waals surface area contributed by atoms with Crippen LogP contribution in [0.25, 0.3) is 0 Å². The fourth-order valence-corrected chi connectivity index (χ4v) is 9.23. The normalized spacial score (nSPS) is 20.3. The van der Waals surface area contributed by atoms with Crippen molar-refractivity contribution in [2.45, 2.75) is 75.3 Å². The van der Waals surface area contributed by atoms with E-state index in [9.17, 15) is 37.0 Å². The molecular weight excluding hydrogens is 741 g/mol. The molecule has 2 fully saturated rings. The molecule has 0 spiro atoms. The highest BCUT2D eigenvalue weighted by molar-refractivity contribution is 7.89. The summed E-state index contributed by atoms with van der Waals surface area (Å²) in [6.07, 6.45) is -1.05. The molecule has 298 valence electrons. The van der Waals surface area contributed by atoms with E-state index in [1.54, 1.807) is 0 Å². The second-order valence-electron chi connectivity index (χ2n) is 15.0. The van der Waals surface area contributed by atoms with Crippen molar-refractivity contribution in [3.63, 3.8) is 0 Å². The number of carboxylic acid groups (broad SMARTS) is 1. The van der Waals surface area contributed by atoms with E-state index in [4.69, 9.17) is 18.9 Å². The standard InChI is InChI=1S/C39H47F2N3O10S/c1-39(2,13-6-7-14-42-36(46)26-17-27(40)19-28(41)18-26)23-43(55(49,50)29-10-11-34-35(20-29)54-24-53-34)21-33(45)31(16-25-8-4-3-5-9-25)44(38(47)48)32-22-52-37-30(32)12-15-51-37/h3-5,8-11,17-20,30-33,37,45H,6-7,12-16,21-24H2,1-2H3,(H,42,46)(H,47,48)/t30-,31-,32-,33+,37+/m0/s1. The highest BCUT2D eigenvalue weighted by atomic mass is 32.2. The summed E-state index contributed by atoms with van der Waals surface area (Å²) >= 11 is 0. The first kappa shape index (κ1) is 40.3. The highest BCUT2D eigenvalue weighted by Crippen LogP contribution is 2.38. The molecule has 0 aromatic heterocycles. The second kappa shape index (κ2) is 17.2. The van der Waals surface area contributed by atoms with E-state index in [-0.39, 0.29) is 55.0 Å². The number of nitrogens with one attached hydrogen (secondary N) is 1. The number of aliphatic hydroxyl groups excluding tert-OH is 1. The van der Waals surface area contributed by atoms with Crippen LogP contribution in [0.4, 0.5) is 13.6 Å². The Labute approximate surface area is 319 Å². The Morgan fingerprint density at radius 1 is 0.982 bits per heavy atom. The number of rotatable bonds is 17. The number of halogens is 2. The average molecular weight is 788 g/mol. The third-order valence-corrected chi connectivity index (χ3v) is 12.2. The molecule has 55 heavy (non-hydrogen) atoms. The number of unbranched alkanes of at least 4 members (excludes halogenated alkanes) is 1. The Bertz CT molecular complexity index is 1920. The zero-order valence-corrected chi connectivity index (χ0v) is 31.6. The number of aliphatic hydroxyl groups is 1. The molecule has 6 rings (SSSR count). The van der Waals surface area contributed by atoms with Crippen LogP contribution in [0.2, 0.25) is 0 Å². The fraction of sp³-hybridized carbons (Fsp3) is 0.487.